The highest BCUT2D eigenvalue weighted by molar-refractivity contribution is 6.07. The Bertz CT molecular complexity index is 331. The van der Waals surface area contributed by atoms with Gasteiger partial charge >= 0.3 is 0 Å². The summed E-state index contributed by atoms with van der Waals surface area (Å²) in [6.07, 6.45) is 10.7. The van der Waals surface area contributed by atoms with E-state index in [4.69, 9.17) is 0 Å². The van der Waals surface area contributed by atoms with Crippen LogP contribution in [0.5, 0.6) is 0 Å². The number of nitrogens with one attached hydrogen (secondary N) is 1. The molecule has 2 aliphatic rings. The molecule has 18 heavy (non-hydrogen) atoms. The van der Waals surface area contributed by atoms with Crippen molar-refractivity contribution in [3.63, 3.8) is 0 Å². The molecule has 1 fully saturated rings. The summed E-state index contributed by atoms with van der Waals surface area (Å²) in [6.45, 7) is 4.18. The smallest absolute Gasteiger partial charge is 0.252 e. The first-order chi connectivity index (χ1) is 8.64. The Morgan fingerprint density at radius 3 is 2.72 bits per heavy atom. The van der Waals surface area contributed by atoms with Gasteiger partial charge in [-0.3, -0.25) is 9.79 Å². The fraction of sp³-hybridized carbons (Fsp3) is 0.867. The number of carbonyl (C=O) groups is 1. The van der Waals surface area contributed by atoms with Crippen LogP contribution in [0, 0.1) is 5.92 Å². The highest BCUT2D eigenvalue weighted by atomic mass is 16.2. The summed E-state index contributed by atoms with van der Waals surface area (Å²) in [5.41, 5.74) is -0.481. The molecule has 3 heteroatoms. The van der Waals surface area contributed by atoms with Crippen molar-refractivity contribution in [1.29, 1.82) is 0 Å². The zero-order valence-corrected chi connectivity index (χ0v) is 11.8. The second kappa shape index (κ2) is 5.85. The molecular formula is C15H26N2O. The van der Waals surface area contributed by atoms with Crippen LogP contribution in [0.25, 0.3) is 0 Å². The van der Waals surface area contributed by atoms with E-state index >= 15 is 0 Å². The zero-order valence-electron chi connectivity index (χ0n) is 11.8. The van der Waals surface area contributed by atoms with Crippen LogP contribution in [-0.2, 0) is 4.79 Å². The summed E-state index contributed by atoms with van der Waals surface area (Å²) < 4.78 is 0. The molecular weight excluding hydrogens is 224 g/mol. The first-order valence-electron chi connectivity index (χ1n) is 7.54. The number of amidine groups is 1. The fourth-order valence-corrected chi connectivity index (χ4v) is 3.20. The van der Waals surface area contributed by atoms with E-state index in [2.05, 4.69) is 17.2 Å². The second-order valence-electron chi connectivity index (χ2n) is 6.10. The molecule has 1 saturated carbocycles. The highest BCUT2D eigenvalue weighted by Crippen LogP contribution is 2.34. The Hall–Kier alpha value is -0.860. The van der Waals surface area contributed by atoms with Crippen LogP contribution in [0.1, 0.15) is 71.6 Å². The lowest BCUT2D eigenvalue weighted by atomic mass is 9.80. The zero-order chi connectivity index (χ0) is 13.0. The Balaban J connectivity index is 1.95. The molecule has 1 aliphatic carbocycles. The van der Waals surface area contributed by atoms with Crippen LogP contribution in [0.3, 0.4) is 0 Å². The molecule has 0 saturated heterocycles. The number of amides is 1. The number of hydrogen-bond acceptors (Lipinski definition) is 2. The summed E-state index contributed by atoms with van der Waals surface area (Å²) >= 11 is 0. The average Bonchev–Trinajstić information content (AvgIpc) is 2.63. The molecule has 1 atom stereocenters. The monoisotopic (exact) mass is 250 g/mol. The Labute approximate surface area is 110 Å². The summed E-state index contributed by atoms with van der Waals surface area (Å²) in [7, 11) is 0. The van der Waals surface area contributed by atoms with Crippen molar-refractivity contribution in [2.75, 3.05) is 0 Å². The minimum atomic E-state index is -0.481. The molecule has 1 amide bonds. The van der Waals surface area contributed by atoms with Gasteiger partial charge in [0.05, 0.1) is 0 Å². The minimum Gasteiger partial charge on any atom is -0.312 e. The van der Waals surface area contributed by atoms with Gasteiger partial charge in [-0.2, -0.15) is 0 Å². The van der Waals surface area contributed by atoms with Crippen LogP contribution >= 0.6 is 0 Å². The lowest BCUT2D eigenvalue weighted by molar-refractivity contribution is -0.123. The molecule has 0 aromatic carbocycles. The van der Waals surface area contributed by atoms with Gasteiger partial charge in [0.2, 0.25) is 0 Å². The maximum absolute atomic E-state index is 12.1. The van der Waals surface area contributed by atoms with E-state index in [-0.39, 0.29) is 5.91 Å². The van der Waals surface area contributed by atoms with E-state index in [9.17, 15) is 4.79 Å². The van der Waals surface area contributed by atoms with E-state index in [0.717, 1.165) is 31.5 Å². The molecule has 0 aromatic heterocycles. The predicted molar refractivity (Wildman–Crippen MR) is 74.7 cm³/mol. The van der Waals surface area contributed by atoms with Gasteiger partial charge in [0.25, 0.3) is 5.91 Å². The minimum absolute atomic E-state index is 0.124. The van der Waals surface area contributed by atoms with Crippen molar-refractivity contribution >= 4 is 11.7 Å². The second-order valence-corrected chi connectivity index (χ2v) is 6.10. The van der Waals surface area contributed by atoms with E-state index in [1.165, 1.54) is 32.1 Å². The van der Waals surface area contributed by atoms with Crippen LogP contribution in [-0.4, -0.2) is 17.3 Å². The standard InChI is InChI=1S/C15H26N2O/c1-3-4-10-13-16-14(18)15(2,17-13)11-12-8-6-5-7-9-12/h12H,3-11H2,1-2H3,(H,16,17,18)/t15-/m0/s1. The summed E-state index contributed by atoms with van der Waals surface area (Å²) in [5, 5.41) is 2.98. The predicted octanol–water partition coefficient (Wildman–Crippen LogP) is 3.43. The number of hydrogen-bond donors (Lipinski definition) is 1. The van der Waals surface area contributed by atoms with Crippen molar-refractivity contribution in [2.24, 2.45) is 10.9 Å². The number of nitrogens with zero attached hydrogens (tertiary/aromatic N) is 1. The molecule has 1 aliphatic heterocycles. The van der Waals surface area contributed by atoms with Crippen LogP contribution in [0.4, 0.5) is 0 Å². The topological polar surface area (TPSA) is 41.5 Å². The first kappa shape index (κ1) is 13.6. The van der Waals surface area contributed by atoms with Crippen molar-refractivity contribution in [3.8, 4) is 0 Å². The molecule has 0 aromatic rings. The van der Waals surface area contributed by atoms with E-state index in [0.29, 0.717) is 5.92 Å². The fourth-order valence-electron chi connectivity index (χ4n) is 3.20. The third-order valence-electron chi connectivity index (χ3n) is 4.31. The van der Waals surface area contributed by atoms with Gasteiger partial charge in [-0.05, 0) is 25.7 Å². The third kappa shape index (κ3) is 3.12. The molecule has 1 heterocycles. The van der Waals surface area contributed by atoms with Gasteiger partial charge in [0.1, 0.15) is 11.4 Å². The normalized spacial score (nSPS) is 29.2. The van der Waals surface area contributed by atoms with E-state index in [1.54, 1.807) is 0 Å². The molecule has 0 radical (unpaired) electrons. The van der Waals surface area contributed by atoms with E-state index < -0.39 is 5.54 Å². The van der Waals surface area contributed by atoms with Crippen molar-refractivity contribution in [1.82, 2.24) is 5.32 Å². The highest BCUT2D eigenvalue weighted by Gasteiger charge is 2.40. The van der Waals surface area contributed by atoms with Crippen molar-refractivity contribution in [2.45, 2.75) is 77.2 Å². The largest absolute Gasteiger partial charge is 0.312 e. The van der Waals surface area contributed by atoms with Gasteiger partial charge in [0, 0.05) is 6.42 Å². The van der Waals surface area contributed by atoms with Crippen LogP contribution in [0.15, 0.2) is 4.99 Å². The lowest BCUT2D eigenvalue weighted by Gasteiger charge is -2.27. The van der Waals surface area contributed by atoms with Gasteiger partial charge in [-0.1, -0.05) is 45.4 Å². The number of rotatable bonds is 5. The molecule has 2 rings (SSSR count). The Kier molecular flexibility index (Phi) is 4.41. The SMILES string of the molecule is CCCCC1=N[C@@](C)(CC2CCCCC2)C(=O)N1. The maximum atomic E-state index is 12.1. The summed E-state index contributed by atoms with van der Waals surface area (Å²) in [5.74, 6) is 1.74. The quantitative estimate of drug-likeness (QED) is 0.798. The third-order valence-corrected chi connectivity index (χ3v) is 4.31. The maximum Gasteiger partial charge on any atom is 0.252 e. The van der Waals surface area contributed by atoms with E-state index in [1.807, 2.05) is 6.92 Å². The van der Waals surface area contributed by atoms with Crippen molar-refractivity contribution < 1.29 is 4.79 Å². The van der Waals surface area contributed by atoms with Gasteiger partial charge in [-0.25, -0.2) is 0 Å². The molecule has 1 N–H and O–H groups in total. The van der Waals surface area contributed by atoms with Crippen molar-refractivity contribution in [3.05, 3.63) is 0 Å². The van der Waals surface area contributed by atoms with Gasteiger partial charge in [-0.15, -0.1) is 0 Å². The van der Waals surface area contributed by atoms with Gasteiger partial charge < -0.3 is 5.32 Å². The van der Waals surface area contributed by atoms with Gasteiger partial charge in [0.15, 0.2) is 0 Å². The number of carbonyl (C=O) groups excluding carboxylic acids is 1. The molecule has 3 nitrogen and oxygen atoms in total. The molecule has 0 spiro atoms. The summed E-state index contributed by atoms with van der Waals surface area (Å²) in [6, 6.07) is 0. The Morgan fingerprint density at radius 2 is 2.06 bits per heavy atom. The average molecular weight is 250 g/mol. The van der Waals surface area contributed by atoms with Crippen LogP contribution < -0.4 is 5.32 Å². The Morgan fingerprint density at radius 1 is 1.33 bits per heavy atom. The first-order valence-corrected chi connectivity index (χ1v) is 7.54. The lowest BCUT2D eigenvalue weighted by Crippen LogP contribution is -2.39. The number of unbranched alkanes of at least 4 members (excludes halogenated alkanes) is 1. The van der Waals surface area contributed by atoms with Crippen LogP contribution in [0.2, 0.25) is 0 Å². The molecule has 102 valence electrons. The molecule has 0 unspecified atom stereocenters. The molecule has 0 bridgehead atoms. The summed E-state index contributed by atoms with van der Waals surface area (Å²) in [4.78, 5) is 16.8. The number of aliphatic imine (C=N–C) groups is 1.